The molecule has 1 aromatic heterocycles. The van der Waals surface area contributed by atoms with Crippen LogP contribution in [0.2, 0.25) is 0 Å². The Kier molecular flexibility index (Phi) is 13.4. The summed E-state index contributed by atoms with van der Waals surface area (Å²) in [6.45, 7) is 16.3. The van der Waals surface area contributed by atoms with E-state index < -0.39 is 18.0 Å². The first-order chi connectivity index (χ1) is 22.2. The van der Waals surface area contributed by atoms with Crippen molar-refractivity contribution in [1.29, 1.82) is 0 Å². The minimum Gasteiger partial charge on any atom is -0.493 e. The van der Waals surface area contributed by atoms with Gasteiger partial charge in [0.15, 0.2) is 22.9 Å². The average Bonchev–Trinajstić information content (AvgIpc) is 3.41. The van der Waals surface area contributed by atoms with Gasteiger partial charge in [-0.15, -0.1) is 0 Å². The van der Waals surface area contributed by atoms with Crippen molar-refractivity contribution >= 4 is 34.5 Å². The normalized spacial score (nSPS) is 12.8. The van der Waals surface area contributed by atoms with Crippen LogP contribution >= 0.6 is 0 Å². The zero-order valence-corrected chi connectivity index (χ0v) is 29.1. The van der Waals surface area contributed by atoms with Gasteiger partial charge in [0, 0.05) is 23.7 Å². The summed E-state index contributed by atoms with van der Waals surface area (Å²) in [6.07, 6.45) is 1.46. The van der Waals surface area contributed by atoms with E-state index in [1.807, 2.05) is 60.3 Å². The number of rotatable bonds is 17. The van der Waals surface area contributed by atoms with E-state index in [4.69, 9.17) is 24.5 Å². The van der Waals surface area contributed by atoms with Gasteiger partial charge in [0.1, 0.15) is 11.8 Å². The molecule has 0 fully saturated rings. The van der Waals surface area contributed by atoms with Crippen molar-refractivity contribution in [2.24, 2.45) is 17.6 Å². The quantitative estimate of drug-likeness (QED) is 0.162. The van der Waals surface area contributed by atoms with Crippen LogP contribution in [0.15, 0.2) is 40.9 Å². The summed E-state index contributed by atoms with van der Waals surface area (Å²) in [4.78, 5) is 40.4. The largest absolute Gasteiger partial charge is 0.493 e. The number of fused-ring (bicyclic) bond motifs is 1. The van der Waals surface area contributed by atoms with Crippen LogP contribution in [0.3, 0.4) is 0 Å². The second-order valence-corrected chi connectivity index (χ2v) is 12.8. The Bertz CT molecular complexity index is 1490. The lowest BCUT2D eigenvalue weighted by Gasteiger charge is -2.31. The molecule has 12 nitrogen and oxygen atoms in total. The lowest BCUT2D eigenvalue weighted by atomic mass is 10.0. The maximum Gasteiger partial charge on any atom is 0.254 e. The van der Waals surface area contributed by atoms with Crippen molar-refractivity contribution in [2.75, 3.05) is 25.6 Å². The molecule has 47 heavy (non-hydrogen) atoms. The number of amides is 3. The minimum absolute atomic E-state index is 0.0469. The van der Waals surface area contributed by atoms with Crippen LogP contribution in [0.4, 0.5) is 5.82 Å². The summed E-state index contributed by atoms with van der Waals surface area (Å²) < 4.78 is 22.8. The Morgan fingerprint density at radius 2 is 1.51 bits per heavy atom. The molecule has 0 radical (unpaired) electrons. The van der Waals surface area contributed by atoms with E-state index in [2.05, 4.69) is 15.8 Å². The van der Waals surface area contributed by atoms with Gasteiger partial charge in [-0.25, -0.2) is 0 Å². The Balaban J connectivity index is 1.50. The smallest absolute Gasteiger partial charge is 0.254 e. The molecule has 4 N–H and O–H groups in total. The number of carbonyl (C=O) groups is 3. The van der Waals surface area contributed by atoms with Crippen molar-refractivity contribution < 1.29 is 33.1 Å². The molecule has 258 valence electrons. The van der Waals surface area contributed by atoms with Crippen molar-refractivity contribution in [3.8, 4) is 17.2 Å². The van der Waals surface area contributed by atoms with E-state index >= 15 is 0 Å². The van der Waals surface area contributed by atoms with E-state index in [-0.39, 0.29) is 41.6 Å². The third-order valence-corrected chi connectivity index (χ3v) is 7.78. The van der Waals surface area contributed by atoms with Gasteiger partial charge in [-0.2, -0.15) is 0 Å². The van der Waals surface area contributed by atoms with Crippen molar-refractivity contribution in [3.05, 3.63) is 42.0 Å². The van der Waals surface area contributed by atoms with Crippen LogP contribution in [0, 0.1) is 11.8 Å². The Morgan fingerprint density at radius 1 is 0.851 bits per heavy atom. The van der Waals surface area contributed by atoms with E-state index in [0.717, 1.165) is 12.8 Å². The molecule has 3 aromatic rings. The molecule has 0 spiro atoms. The Labute approximate surface area is 277 Å². The van der Waals surface area contributed by atoms with Crippen molar-refractivity contribution in [2.45, 2.75) is 92.4 Å². The number of unbranched alkanes of at least 4 members (excludes halogenated alkanes) is 1. The van der Waals surface area contributed by atoms with E-state index in [9.17, 15) is 14.4 Å². The van der Waals surface area contributed by atoms with E-state index in [0.29, 0.717) is 47.0 Å². The zero-order chi connectivity index (χ0) is 34.8. The monoisotopic (exact) mass is 653 g/mol. The number of ether oxygens (including phenoxy) is 3. The van der Waals surface area contributed by atoms with Gasteiger partial charge in [-0.05, 0) is 82.7 Å². The van der Waals surface area contributed by atoms with Crippen LogP contribution in [0.1, 0.15) is 78.6 Å². The molecule has 3 amide bonds. The molecule has 2 atom stereocenters. The number of benzene rings is 2. The number of aromatic nitrogens is 1. The van der Waals surface area contributed by atoms with Crippen LogP contribution in [-0.2, 0) is 9.59 Å². The van der Waals surface area contributed by atoms with E-state index in [1.165, 1.54) is 0 Å². The van der Waals surface area contributed by atoms with Gasteiger partial charge in [0.05, 0.1) is 31.8 Å². The number of hydrogen-bond donors (Lipinski definition) is 3. The number of nitrogens with one attached hydrogen (secondary N) is 2. The third-order valence-electron chi connectivity index (χ3n) is 7.78. The molecule has 0 bridgehead atoms. The third kappa shape index (κ3) is 9.84. The van der Waals surface area contributed by atoms with Gasteiger partial charge >= 0.3 is 0 Å². The van der Waals surface area contributed by atoms with Crippen molar-refractivity contribution in [1.82, 2.24) is 15.4 Å². The first kappa shape index (κ1) is 37.1. The maximum atomic E-state index is 13.1. The fraction of sp³-hybridized carbons (Fsp3) is 0.543. The topological polar surface area (TPSA) is 158 Å². The summed E-state index contributed by atoms with van der Waals surface area (Å²) in [5.41, 5.74) is 6.96. The summed E-state index contributed by atoms with van der Waals surface area (Å²) in [6, 6.07) is 9.16. The number of carbonyl (C=O) groups excluding carboxylic acids is 3. The molecular formula is C35H51N5O7. The molecule has 0 saturated heterocycles. The SMILES string of the molecule is COc1cc(C(=O)N(C(C)C)C(C)C)ccc1OCCCCOc1ccc2c(NC(=O)C(NC(=O)C(N)C(C)C)C(C)C)noc2c1. The number of hydrogen-bond acceptors (Lipinski definition) is 9. The van der Waals surface area contributed by atoms with Gasteiger partial charge in [-0.1, -0.05) is 32.9 Å². The fourth-order valence-corrected chi connectivity index (χ4v) is 5.09. The van der Waals surface area contributed by atoms with Gasteiger partial charge in [-0.3, -0.25) is 14.4 Å². The molecule has 0 saturated carbocycles. The Hall–Kier alpha value is -4.32. The van der Waals surface area contributed by atoms with Gasteiger partial charge in [0.2, 0.25) is 11.8 Å². The number of nitrogens with two attached hydrogens (primary N) is 1. The lowest BCUT2D eigenvalue weighted by Crippen LogP contribution is -2.53. The summed E-state index contributed by atoms with van der Waals surface area (Å²) in [5.74, 6) is 0.864. The second kappa shape index (κ2) is 17.0. The standard InChI is InChI=1S/C35H51N5O7/c1-20(2)30(36)33(41)37-31(21(3)4)34(42)38-32-26-14-13-25(19-28(26)47-39-32)45-16-10-11-17-46-27-15-12-24(18-29(27)44-9)35(43)40(22(5)6)23(7)8/h12-15,18-23,30-31H,10-11,16-17,36H2,1-9H3,(H,37,41)(H,38,39,42). The van der Waals surface area contributed by atoms with E-state index in [1.54, 1.807) is 43.5 Å². The summed E-state index contributed by atoms with van der Waals surface area (Å²) in [7, 11) is 1.56. The van der Waals surface area contributed by atoms with Crippen LogP contribution in [0.25, 0.3) is 11.0 Å². The number of nitrogens with zero attached hydrogens (tertiary/aromatic N) is 2. The molecule has 0 aliphatic heterocycles. The molecule has 0 aliphatic carbocycles. The van der Waals surface area contributed by atoms with Crippen molar-refractivity contribution in [3.63, 3.8) is 0 Å². The molecule has 2 unspecified atom stereocenters. The second-order valence-electron chi connectivity index (χ2n) is 12.8. The first-order valence-electron chi connectivity index (χ1n) is 16.3. The van der Waals surface area contributed by atoms with Gasteiger partial charge in [0.25, 0.3) is 5.91 Å². The fourth-order valence-electron chi connectivity index (χ4n) is 5.09. The summed E-state index contributed by atoms with van der Waals surface area (Å²) >= 11 is 0. The molecule has 2 aromatic carbocycles. The Morgan fingerprint density at radius 3 is 2.11 bits per heavy atom. The van der Waals surface area contributed by atoms with Gasteiger partial charge < -0.3 is 40.0 Å². The van der Waals surface area contributed by atoms with Crippen LogP contribution in [0.5, 0.6) is 17.2 Å². The molecule has 12 heteroatoms. The van der Waals surface area contributed by atoms with Crippen LogP contribution in [-0.4, -0.2) is 72.3 Å². The highest BCUT2D eigenvalue weighted by molar-refractivity contribution is 6.02. The van der Waals surface area contributed by atoms with Crippen LogP contribution < -0.4 is 30.6 Å². The highest BCUT2D eigenvalue weighted by Gasteiger charge is 2.29. The minimum atomic E-state index is -0.791. The number of anilines is 1. The summed E-state index contributed by atoms with van der Waals surface area (Å²) in [5, 5.41) is 10.1. The highest BCUT2D eigenvalue weighted by atomic mass is 16.5. The molecular weight excluding hydrogens is 602 g/mol. The lowest BCUT2D eigenvalue weighted by molar-refractivity contribution is -0.128. The number of methoxy groups -OCH3 is 1. The molecule has 3 rings (SSSR count). The molecule has 1 heterocycles. The first-order valence-corrected chi connectivity index (χ1v) is 16.3. The zero-order valence-electron chi connectivity index (χ0n) is 29.1. The predicted molar refractivity (Wildman–Crippen MR) is 182 cm³/mol. The maximum absolute atomic E-state index is 13.1. The average molecular weight is 654 g/mol. The molecule has 0 aliphatic rings. The predicted octanol–water partition coefficient (Wildman–Crippen LogP) is 5.40. The highest BCUT2D eigenvalue weighted by Crippen LogP contribution is 2.30.